The van der Waals surface area contributed by atoms with E-state index in [1.54, 1.807) is 6.92 Å². The van der Waals surface area contributed by atoms with E-state index in [1.165, 1.54) is 12.4 Å². The zero-order chi connectivity index (χ0) is 23.7. The molecule has 2 aromatic heterocycles. The van der Waals surface area contributed by atoms with Crippen LogP contribution in [0.2, 0.25) is 5.02 Å². The molecule has 1 fully saturated rings. The zero-order valence-electron chi connectivity index (χ0n) is 19.1. The lowest BCUT2D eigenvalue weighted by molar-refractivity contribution is 0.0525. The van der Waals surface area contributed by atoms with E-state index in [4.69, 9.17) is 21.3 Å². The lowest BCUT2D eigenvalue weighted by atomic mass is 10.1. The Labute approximate surface area is 202 Å². The standard InChI is InChI=1S/C25H25ClN6O2/c1-3-34-24(33)17-15-27-25(28-16-17)32-12-10-31(11-13-32)18-8-9-20(26)19(14-18)23-29-21-6-4-5-7-22(21)30(23)2/h4-9,14-16H,3,10-13H2,1-2H3. The highest BCUT2D eigenvalue weighted by Gasteiger charge is 2.21. The van der Waals surface area contributed by atoms with Crippen LogP contribution in [-0.4, -0.2) is 58.3 Å². The van der Waals surface area contributed by atoms with Gasteiger partial charge in [-0.15, -0.1) is 0 Å². The average molecular weight is 477 g/mol. The first-order valence-electron chi connectivity index (χ1n) is 11.3. The van der Waals surface area contributed by atoms with Crippen molar-refractivity contribution in [3.8, 4) is 11.4 Å². The van der Waals surface area contributed by atoms with Crippen LogP contribution in [-0.2, 0) is 11.8 Å². The summed E-state index contributed by atoms with van der Waals surface area (Å²) in [6.07, 6.45) is 3.05. The molecule has 34 heavy (non-hydrogen) atoms. The van der Waals surface area contributed by atoms with Gasteiger partial charge in [-0.05, 0) is 37.3 Å². The number of fused-ring (bicyclic) bond motifs is 1. The number of imidazole rings is 1. The van der Waals surface area contributed by atoms with Crippen molar-refractivity contribution >= 4 is 40.2 Å². The molecule has 0 spiro atoms. The van der Waals surface area contributed by atoms with Crippen molar-refractivity contribution in [1.29, 1.82) is 0 Å². The van der Waals surface area contributed by atoms with Crippen molar-refractivity contribution in [2.45, 2.75) is 6.92 Å². The van der Waals surface area contributed by atoms with E-state index in [0.717, 1.165) is 54.3 Å². The van der Waals surface area contributed by atoms with Gasteiger partial charge in [0.2, 0.25) is 5.95 Å². The molecular formula is C25H25ClN6O2. The largest absolute Gasteiger partial charge is 0.462 e. The molecule has 2 aromatic carbocycles. The second-order valence-corrected chi connectivity index (χ2v) is 8.52. The number of para-hydroxylation sites is 2. The number of anilines is 2. The molecule has 1 aliphatic rings. The molecule has 174 valence electrons. The first-order valence-corrected chi connectivity index (χ1v) is 11.6. The normalized spacial score (nSPS) is 14.0. The highest BCUT2D eigenvalue weighted by Crippen LogP contribution is 2.33. The minimum atomic E-state index is -0.405. The zero-order valence-corrected chi connectivity index (χ0v) is 19.9. The monoisotopic (exact) mass is 476 g/mol. The van der Waals surface area contributed by atoms with Gasteiger partial charge in [-0.25, -0.2) is 19.7 Å². The van der Waals surface area contributed by atoms with Gasteiger partial charge in [0, 0.05) is 56.9 Å². The first kappa shape index (κ1) is 22.2. The smallest absolute Gasteiger partial charge is 0.341 e. The van der Waals surface area contributed by atoms with E-state index in [1.807, 2.05) is 31.3 Å². The fourth-order valence-corrected chi connectivity index (χ4v) is 4.44. The summed E-state index contributed by atoms with van der Waals surface area (Å²) in [4.78, 5) is 29.8. The number of ether oxygens (including phenoxy) is 1. The third-order valence-electron chi connectivity index (χ3n) is 6.05. The number of piperazine rings is 1. The number of nitrogens with zero attached hydrogens (tertiary/aromatic N) is 6. The molecule has 0 unspecified atom stereocenters. The Morgan fingerprint density at radius 2 is 1.74 bits per heavy atom. The second-order valence-electron chi connectivity index (χ2n) is 8.11. The molecule has 0 amide bonds. The number of hydrogen-bond acceptors (Lipinski definition) is 7. The number of aryl methyl sites for hydroxylation is 1. The Kier molecular flexibility index (Phi) is 6.06. The Balaban J connectivity index is 1.32. The number of aromatic nitrogens is 4. The number of carbonyl (C=O) groups excluding carboxylic acids is 1. The third kappa shape index (κ3) is 4.17. The van der Waals surface area contributed by atoms with Crippen molar-refractivity contribution in [2.75, 3.05) is 42.6 Å². The molecule has 0 bridgehead atoms. The lowest BCUT2D eigenvalue weighted by Crippen LogP contribution is -2.47. The summed E-state index contributed by atoms with van der Waals surface area (Å²) in [6.45, 7) is 5.26. The summed E-state index contributed by atoms with van der Waals surface area (Å²) in [5, 5.41) is 0.677. The van der Waals surface area contributed by atoms with E-state index in [-0.39, 0.29) is 0 Å². The van der Waals surface area contributed by atoms with Crippen LogP contribution < -0.4 is 9.80 Å². The van der Waals surface area contributed by atoms with Gasteiger partial charge in [-0.1, -0.05) is 23.7 Å². The Hall–Kier alpha value is -3.65. The van der Waals surface area contributed by atoms with Crippen LogP contribution in [0.25, 0.3) is 22.4 Å². The number of carbonyl (C=O) groups is 1. The summed E-state index contributed by atoms with van der Waals surface area (Å²) < 4.78 is 7.08. The van der Waals surface area contributed by atoms with Crippen LogP contribution in [0.1, 0.15) is 17.3 Å². The van der Waals surface area contributed by atoms with Crippen molar-refractivity contribution in [1.82, 2.24) is 19.5 Å². The molecule has 1 saturated heterocycles. The van der Waals surface area contributed by atoms with Crippen LogP contribution >= 0.6 is 11.6 Å². The maximum atomic E-state index is 11.8. The second kappa shape index (κ2) is 9.30. The van der Waals surface area contributed by atoms with Crippen LogP contribution in [0.3, 0.4) is 0 Å². The lowest BCUT2D eigenvalue weighted by Gasteiger charge is -2.36. The minimum absolute atomic E-state index is 0.325. The molecule has 0 radical (unpaired) electrons. The SMILES string of the molecule is CCOC(=O)c1cnc(N2CCN(c3ccc(Cl)c(-c4nc5ccccc5n4C)c3)CC2)nc1. The third-order valence-corrected chi connectivity index (χ3v) is 6.38. The van der Waals surface area contributed by atoms with Gasteiger partial charge in [-0.2, -0.15) is 0 Å². The topological polar surface area (TPSA) is 76.4 Å². The average Bonchev–Trinajstić information content (AvgIpc) is 3.21. The molecule has 0 aliphatic carbocycles. The van der Waals surface area contributed by atoms with E-state index in [9.17, 15) is 4.79 Å². The molecule has 0 saturated carbocycles. The highest BCUT2D eigenvalue weighted by atomic mass is 35.5. The van der Waals surface area contributed by atoms with Crippen molar-refractivity contribution < 1.29 is 9.53 Å². The molecule has 9 heteroatoms. The maximum Gasteiger partial charge on any atom is 0.341 e. The van der Waals surface area contributed by atoms with Crippen LogP contribution in [0.4, 0.5) is 11.6 Å². The molecular weight excluding hydrogens is 452 g/mol. The Morgan fingerprint density at radius 1 is 1.03 bits per heavy atom. The van der Waals surface area contributed by atoms with Gasteiger partial charge >= 0.3 is 5.97 Å². The fraction of sp³-hybridized carbons (Fsp3) is 0.280. The fourth-order valence-electron chi connectivity index (χ4n) is 4.24. The van der Waals surface area contributed by atoms with E-state index < -0.39 is 5.97 Å². The summed E-state index contributed by atoms with van der Waals surface area (Å²) in [6, 6.07) is 14.2. The van der Waals surface area contributed by atoms with Gasteiger partial charge in [0.15, 0.2) is 0 Å². The molecule has 8 nitrogen and oxygen atoms in total. The predicted octanol–water partition coefficient (Wildman–Crippen LogP) is 4.19. The molecule has 4 aromatic rings. The van der Waals surface area contributed by atoms with Crippen LogP contribution in [0.5, 0.6) is 0 Å². The summed E-state index contributed by atoms with van der Waals surface area (Å²) >= 11 is 6.60. The van der Waals surface area contributed by atoms with Crippen molar-refractivity contribution in [3.63, 3.8) is 0 Å². The van der Waals surface area contributed by atoms with Gasteiger partial charge in [0.05, 0.1) is 28.2 Å². The minimum Gasteiger partial charge on any atom is -0.462 e. The quantitative estimate of drug-likeness (QED) is 0.400. The van der Waals surface area contributed by atoms with E-state index >= 15 is 0 Å². The van der Waals surface area contributed by atoms with Crippen LogP contribution in [0.15, 0.2) is 54.9 Å². The summed E-state index contributed by atoms with van der Waals surface area (Å²) in [5.41, 5.74) is 4.40. The van der Waals surface area contributed by atoms with Crippen molar-refractivity contribution in [2.24, 2.45) is 7.05 Å². The molecule has 0 atom stereocenters. The Bertz CT molecular complexity index is 1330. The summed E-state index contributed by atoms with van der Waals surface area (Å²) in [5.74, 6) is 1.06. The number of rotatable bonds is 5. The van der Waals surface area contributed by atoms with Gasteiger partial charge < -0.3 is 19.1 Å². The maximum absolute atomic E-state index is 11.8. The van der Waals surface area contributed by atoms with E-state index in [0.29, 0.717) is 23.1 Å². The first-order chi connectivity index (χ1) is 16.5. The van der Waals surface area contributed by atoms with E-state index in [2.05, 4.69) is 42.5 Å². The van der Waals surface area contributed by atoms with Crippen LogP contribution in [0, 0.1) is 0 Å². The number of hydrogen-bond donors (Lipinski definition) is 0. The number of esters is 1. The van der Waals surface area contributed by atoms with Gasteiger partial charge in [0.25, 0.3) is 0 Å². The van der Waals surface area contributed by atoms with Crippen molar-refractivity contribution in [3.05, 3.63) is 65.4 Å². The molecule has 5 rings (SSSR count). The Morgan fingerprint density at radius 3 is 2.44 bits per heavy atom. The number of benzene rings is 2. The van der Waals surface area contributed by atoms with Gasteiger partial charge in [0.1, 0.15) is 5.82 Å². The molecule has 1 aliphatic heterocycles. The highest BCUT2D eigenvalue weighted by molar-refractivity contribution is 6.33. The number of halogens is 1. The summed E-state index contributed by atoms with van der Waals surface area (Å²) in [7, 11) is 2.01. The predicted molar refractivity (Wildman–Crippen MR) is 134 cm³/mol. The molecule has 0 N–H and O–H groups in total. The molecule has 3 heterocycles. The van der Waals surface area contributed by atoms with Gasteiger partial charge in [-0.3, -0.25) is 0 Å².